The van der Waals surface area contributed by atoms with E-state index in [2.05, 4.69) is 12.1 Å². The molecule has 0 amide bonds. The van der Waals surface area contributed by atoms with Crippen molar-refractivity contribution in [3.8, 4) is 23.0 Å². The van der Waals surface area contributed by atoms with Crippen molar-refractivity contribution in [2.75, 3.05) is 28.4 Å². The van der Waals surface area contributed by atoms with Crippen LogP contribution in [-0.2, 0) is 13.0 Å². The van der Waals surface area contributed by atoms with Crippen molar-refractivity contribution in [1.82, 2.24) is 0 Å². The molecule has 2 aromatic rings. The SMILES string of the molecule is COc1ccc2c(c1CO)CCCC=C2c1cc(OC)c(OC)c(OC)c1. The average molecular weight is 370 g/mol. The average Bonchev–Trinajstić information content (AvgIpc) is 2.94. The van der Waals surface area contributed by atoms with Gasteiger partial charge in [-0.2, -0.15) is 0 Å². The highest BCUT2D eigenvalue weighted by Gasteiger charge is 2.21. The van der Waals surface area contributed by atoms with Gasteiger partial charge >= 0.3 is 0 Å². The number of hydrogen-bond acceptors (Lipinski definition) is 5. The largest absolute Gasteiger partial charge is 0.496 e. The van der Waals surface area contributed by atoms with Crippen LogP contribution in [0.15, 0.2) is 30.3 Å². The fraction of sp³-hybridized carbons (Fsp3) is 0.364. The molecule has 27 heavy (non-hydrogen) atoms. The summed E-state index contributed by atoms with van der Waals surface area (Å²) in [5.41, 5.74) is 5.18. The minimum absolute atomic E-state index is 0.0467. The fourth-order valence-electron chi connectivity index (χ4n) is 3.72. The zero-order valence-corrected chi connectivity index (χ0v) is 16.3. The van der Waals surface area contributed by atoms with Gasteiger partial charge in [-0.15, -0.1) is 0 Å². The number of aliphatic hydroxyl groups is 1. The van der Waals surface area contributed by atoms with Crippen molar-refractivity contribution < 1.29 is 24.1 Å². The van der Waals surface area contributed by atoms with Crippen LogP contribution in [0.1, 0.15) is 35.1 Å². The van der Waals surface area contributed by atoms with E-state index in [0.717, 1.165) is 52.8 Å². The molecule has 0 bridgehead atoms. The molecule has 1 aliphatic rings. The quantitative estimate of drug-likeness (QED) is 0.833. The Bertz CT molecular complexity index is 829. The lowest BCUT2D eigenvalue weighted by atomic mass is 9.90. The summed E-state index contributed by atoms with van der Waals surface area (Å²) in [6.45, 7) is -0.0467. The van der Waals surface area contributed by atoms with E-state index in [1.54, 1.807) is 28.4 Å². The molecule has 0 unspecified atom stereocenters. The predicted molar refractivity (Wildman–Crippen MR) is 105 cm³/mol. The summed E-state index contributed by atoms with van der Waals surface area (Å²) in [7, 11) is 6.46. The molecule has 144 valence electrons. The van der Waals surface area contributed by atoms with Gasteiger partial charge in [-0.05, 0) is 59.7 Å². The zero-order chi connectivity index (χ0) is 19.4. The first-order chi connectivity index (χ1) is 13.2. The Labute approximate surface area is 160 Å². The molecule has 3 rings (SSSR count). The van der Waals surface area contributed by atoms with E-state index in [9.17, 15) is 5.11 Å². The van der Waals surface area contributed by atoms with Crippen molar-refractivity contribution in [1.29, 1.82) is 0 Å². The molecule has 1 aliphatic carbocycles. The van der Waals surface area contributed by atoms with Crippen molar-refractivity contribution in [2.24, 2.45) is 0 Å². The number of aliphatic hydroxyl groups excluding tert-OH is 1. The lowest BCUT2D eigenvalue weighted by molar-refractivity contribution is 0.272. The van der Waals surface area contributed by atoms with Gasteiger partial charge < -0.3 is 24.1 Å². The van der Waals surface area contributed by atoms with Crippen molar-refractivity contribution in [2.45, 2.75) is 25.9 Å². The molecule has 0 radical (unpaired) electrons. The molecule has 0 saturated carbocycles. The standard InChI is InChI=1S/C22H26O5/c1-24-19-10-9-17-15(7-5-6-8-16(17)18(19)13-23)14-11-20(25-2)22(27-4)21(12-14)26-3/h7,9-12,23H,5-6,8,13H2,1-4H3. The maximum absolute atomic E-state index is 9.93. The van der Waals surface area contributed by atoms with Crippen LogP contribution in [0.3, 0.4) is 0 Å². The lowest BCUT2D eigenvalue weighted by Gasteiger charge is -2.19. The van der Waals surface area contributed by atoms with Crippen LogP contribution in [0.2, 0.25) is 0 Å². The molecule has 5 nitrogen and oxygen atoms in total. The Morgan fingerprint density at radius 2 is 1.56 bits per heavy atom. The maximum Gasteiger partial charge on any atom is 0.203 e. The molecule has 1 N–H and O–H groups in total. The number of hydrogen-bond donors (Lipinski definition) is 1. The van der Waals surface area contributed by atoms with Crippen LogP contribution in [0.5, 0.6) is 23.0 Å². The Balaban J connectivity index is 2.21. The Morgan fingerprint density at radius 1 is 0.889 bits per heavy atom. The lowest BCUT2D eigenvalue weighted by Crippen LogP contribution is -2.03. The second-order valence-electron chi connectivity index (χ2n) is 6.35. The molecular weight excluding hydrogens is 344 g/mol. The highest BCUT2D eigenvalue weighted by Crippen LogP contribution is 2.43. The van der Waals surface area contributed by atoms with Gasteiger partial charge in [0.1, 0.15) is 5.75 Å². The highest BCUT2D eigenvalue weighted by molar-refractivity contribution is 5.84. The molecule has 0 spiro atoms. The third-order valence-electron chi connectivity index (χ3n) is 5.01. The smallest absolute Gasteiger partial charge is 0.203 e. The van der Waals surface area contributed by atoms with Crippen molar-refractivity contribution in [3.63, 3.8) is 0 Å². The number of methoxy groups -OCH3 is 4. The normalized spacial score (nSPS) is 13.3. The van der Waals surface area contributed by atoms with Crippen LogP contribution in [0.4, 0.5) is 0 Å². The molecule has 0 aliphatic heterocycles. The van der Waals surface area contributed by atoms with E-state index < -0.39 is 0 Å². The molecule has 2 aromatic carbocycles. The van der Waals surface area contributed by atoms with Gasteiger partial charge in [0.2, 0.25) is 5.75 Å². The van der Waals surface area contributed by atoms with Crippen molar-refractivity contribution >= 4 is 5.57 Å². The van der Waals surface area contributed by atoms with Crippen LogP contribution in [0, 0.1) is 0 Å². The van der Waals surface area contributed by atoms with Gasteiger partial charge in [0.15, 0.2) is 11.5 Å². The van der Waals surface area contributed by atoms with E-state index in [1.165, 1.54) is 0 Å². The van der Waals surface area contributed by atoms with Gasteiger partial charge in [-0.1, -0.05) is 12.1 Å². The highest BCUT2D eigenvalue weighted by atomic mass is 16.5. The Hall–Kier alpha value is -2.66. The van der Waals surface area contributed by atoms with E-state index in [-0.39, 0.29) is 6.61 Å². The molecule has 0 saturated heterocycles. The molecule has 0 aromatic heterocycles. The number of benzene rings is 2. The van der Waals surface area contributed by atoms with Crippen LogP contribution in [0.25, 0.3) is 5.57 Å². The second kappa shape index (κ2) is 8.35. The maximum atomic E-state index is 9.93. The molecule has 0 atom stereocenters. The monoisotopic (exact) mass is 370 g/mol. The first-order valence-corrected chi connectivity index (χ1v) is 8.99. The van der Waals surface area contributed by atoms with Crippen LogP contribution < -0.4 is 18.9 Å². The Morgan fingerprint density at radius 3 is 2.11 bits per heavy atom. The number of ether oxygens (including phenoxy) is 4. The predicted octanol–water partition coefficient (Wildman–Crippen LogP) is 3.98. The van der Waals surface area contributed by atoms with Crippen LogP contribution >= 0.6 is 0 Å². The minimum Gasteiger partial charge on any atom is -0.496 e. The summed E-state index contributed by atoms with van der Waals surface area (Å²) in [5.74, 6) is 2.54. The summed E-state index contributed by atoms with van der Waals surface area (Å²) in [6.07, 6.45) is 5.10. The number of allylic oxidation sites excluding steroid dienone is 1. The zero-order valence-electron chi connectivity index (χ0n) is 16.3. The molecule has 0 fully saturated rings. The van der Waals surface area contributed by atoms with Gasteiger partial charge in [-0.3, -0.25) is 0 Å². The van der Waals surface area contributed by atoms with Crippen molar-refractivity contribution in [3.05, 3.63) is 52.6 Å². The third kappa shape index (κ3) is 3.47. The first kappa shape index (κ1) is 19.1. The summed E-state index contributed by atoms with van der Waals surface area (Å²) < 4.78 is 21.9. The minimum atomic E-state index is -0.0467. The summed E-state index contributed by atoms with van der Waals surface area (Å²) in [4.78, 5) is 0. The third-order valence-corrected chi connectivity index (χ3v) is 5.01. The summed E-state index contributed by atoms with van der Waals surface area (Å²) in [6, 6.07) is 7.91. The molecule has 0 heterocycles. The Kier molecular flexibility index (Phi) is 5.91. The van der Waals surface area contributed by atoms with Gasteiger partial charge in [0.05, 0.1) is 35.0 Å². The summed E-state index contributed by atoms with van der Waals surface area (Å²) >= 11 is 0. The van der Waals surface area contributed by atoms with E-state index >= 15 is 0 Å². The molecular formula is C22H26O5. The summed E-state index contributed by atoms with van der Waals surface area (Å²) in [5, 5.41) is 9.93. The topological polar surface area (TPSA) is 57.2 Å². The fourth-order valence-corrected chi connectivity index (χ4v) is 3.72. The first-order valence-electron chi connectivity index (χ1n) is 8.99. The van der Waals surface area contributed by atoms with E-state index in [1.807, 2.05) is 18.2 Å². The van der Waals surface area contributed by atoms with Gasteiger partial charge in [0.25, 0.3) is 0 Å². The van der Waals surface area contributed by atoms with Gasteiger partial charge in [0, 0.05) is 5.56 Å². The van der Waals surface area contributed by atoms with E-state index in [0.29, 0.717) is 17.2 Å². The second-order valence-corrected chi connectivity index (χ2v) is 6.35. The molecule has 5 heteroatoms. The number of rotatable bonds is 6. The number of fused-ring (bicyclic) bond motifs is 1. The van der Waals surface area contributed by atoms with Gasteiger partial charge in [-0.25, -0.2) is 0 Å². The van der Waals surface area contributed by atoms with E-state index in [4.69, 9.17) is 18.9 Å². The van der Waals surface area contributed by atoms with Crippen LogP contribution in [-0.4, -0.2) is 33.5 Å².